The Morgan fingerprint density at radius 3 is 3.06 bits per heavy atom. The number of nitrogens with one attached hydrogen (secondary N) is 1. The molecule has 0 atom stereocenters. The Bertz CT molecular complexity index is 568. The molecular weight excluding hydrogens is 276 g/mol. The molecule has 2 heterocycles. The normalized spacial score (nSPS) is 13.2. The second kappa shape index (κ2) is 5.26. The van der Waals surface area contributed by atoms with Crippen molar-refractivity contribution in [2.45, 2.75) is 19.6 Å². The lowest BCUT2D eigenvalue weighted by molar-refractivity contribution is 0.593. The van der Waals surface area contributed by atoms with Gasteiger partial charge < -0.3 is 9.88 Å². The quantitative estimate of drug-likeness (QED) is 0.921. The summed E-state index contributed by atoms with van der Waals surface area (Å²) in [5, 5.41) is 3.38. The summed E-state index contributed by atoms with van der Waals surface area (Å²) >= 11 is 5.76. The lowest BCUT2D eigenvalue weighted by Crippen LogP contribution is -2.08. The minimum absolute atomic E-state index is 0. The van der Waals surface area contributed by atoms with Crippen molar-refractivity contribution in [3.63, 3.8) is 0 Å². The number of imidazole rings is 1. The molecule has 0 saturated heterocycles. The van der Waals surface area contributed by atoms with E-state index in [1.165, 1.54) is 0 Å². The molecule has 96 valence electrons. The molecule has 18 heavy (non-hydrogen) atoms. The third-order valence-corrected chi connectivity index (χ3v) is 3.28. The van der Waals surface area contributed by atoms with Gasteiger partial charge in [-0.2, -0.15) is 0 Å². The van der Waals surface area contributed by atoms with E-state index in [4.69, 9.17) is 11.6 Å². The predicted molar refractivity (Wildman–Crippen MR) is 70.5 cm³/mol. The zero-order valence-electron chi connectivity index (χ0n) is 9.49. The number of benzene rings is 1. The van der Waals surface area contributed by atoms with E-state index in [9.17, 15) is 4.39 Å². The Morgan fingerprint density at radius 1 is 1.39 bits per heavy atom. The Balaban J connectivity index is 0.00000120. The zero-order chi connectivity index (χ0) is 11.8. The molecule has 0 unspecified atom stereocenters. The first-order chi connectivity index (χ1) is 8.25. The lowest BCUT2D eigenvalue weighted by Gasteiger charge is -2.08. The first kappa shape index (κ1) is 13.3. The molecule has 1 aliphatic heterocycles. The molecule has 1 N–H and O–H groups in total. The minimum atomic E-state index is -0.345. The smallest absolute Gasteiger partial charge is 0.146 e. The van der Waals surface area contributed by atoms with Gasteiger partial charge in [0.25, 0.3) is 0 Å². The number of hydrogen-bond donors (Lipinski definition) is 1. The molecule has 2 aromatic rings. The summed E-state index contributed by atoms with van der Waals surface area (Å²) in [6.07, 6.45) is 1.76. The van der Waals surface area contributed by atoms with Crippen molar-refractivity contribution < 1.29 is 4.39 Å². The van der Waals surface area contributed by atoms with Crippen molar-refractivity contribution in [2.75, 3.05) is 0 Å². The van der Waals surface area contributed by atoms with Crippen LogP contribution in [0.3, 0.4) is 0 Å². The van der Waals surface area contributed by atoms with Crippen LogP contribution in [0.2, 0.25) is 5.02 Å². The molecule has 0 amide bonds. The lowest BCUT2D eigenvalue weighted by atomic mass is 10.2. The van der Waals surface area contributed by atoms with Gasteiger partial charge in [0, 0.05) is 18.7 Å². The van der Waals surface area contributed by atoms with Gasteiger partial charge in [-0.15, -0.1) is 12.4 Å². The summed E-state index contributed by atoms with van der Waals surface area (Å²) in [6.45, 7) is 2.05. The molecule has 1 aliphatic rings. The summed E-state index contributed by atoms with van der Waals surface area (Å²) in [5.74, 6) is -0.345. The summed E-state index contributed by atoms with van der Waals surface area (Å²) in [4.78, 5) is 4.29. The van der Waals surface area contributed by atoms with Crippen molar-refractivity contribution in [1.29, 1.82) is 0 Å². The molecular formula is C12H12Cl2FN3. The van der Waals surface area contributed by atoms with E-state index in [1.807, 2.05) is 4.57 Å². The molecule has 6 heteroatoms. The molecule has 0 bridgehead atoms. The third kappa shape index (κ3) is 2.23. The van der Waals surface area contributed by atoms with Crippen LogP contribution in [-0.2, 0) is 19.6 Å². The van der Waals surface area contributed by atoms with E-state index in [-0.39, 0.29) is 23.2 Å². The Kier molecular flexibility index (Phi) is 3.90. The summed E-state index contributed by atoms with van der Waals surface area (Å²) in [7, 11) is 0. The van der Waals surface area contributed by atoms with E-state index in [1.54, 1.807) is 24.5 Å². The fourth-order valence-electron chi connectivity index (χ4n) is 2.09. The van der Waals surface area contributed by atoms with Crippen LogP contribution in [0, 0.1) is 5.82 Å². The standard InChI is InChI=1S/C12H11ClFN3.ClH/c13-9-3-1-2-8(12(9)14)6-17-7-16-10-4-15-5-11(10)17;/h1-3,7,15H,4-6H2;1H. The van der Waals surface area contributed by atoms with Crippen LogP contribution in [0.4, 0.5) is 4.39 Å². The van der Waals surface area contributed by atoms with Crippen LogP contribution in [0.5, 0.6) is 0 Å². The number of nitrogens with zero attached hydrogens (tertiary/aromatic N) is 2. The summed E-state index contributed by atoms with van der Waals surface area (Å²) in [5.41, 5.74) is 2.77. The number of rotatable bonds is 2. The van der Waals surface area contributed by atoms with Crippen LogP contribution < -0.4 is 5.32 Å². The summed E-state index contributed by atoms with van der Waals surface area (Å²) in [6, 6.07) is 5.06. The number of halogens is 3. The Morgan fingerprint density at radius 2 is 2.22 bits per heavy atom. The molecule has 1 aromatic heterocycles. The van der Waals surface area contributed by atoms with Gasteiger partial charge in [0.1, 0.15) is 5.82 Å². The van der Waals surface area contributed by atoms with Gasteiger partial charge >= 0.3 is 0 Å². The first-order valence-electron chi connectivity index (χ1n) is 5.42. The van der Waals surface area contributed by atoms with Gasteiger partial charge in [-0.3, -0.25) is 0 Å². The predicted octanol–water partition coefficient (Wildman–Crippen LogP) is 2.75. The number of fused-ring (bicyclic) bond motifs is 1. The molecule has 3 nitrogen and oxygen atoms in total. The average molecular weight is 288 g/mol. The molecule has 0 radical (unpaired) electrons. The van der Waals surface area contributed by atoms with Crippen LogP contribution in [0.15, 0.2) is 24.5 Å². The van der Waals surface area contributed by atoms with Crippen LogP contribution in [-0.4, -0.2) is 9.55 Å². The van der Waals surface area contributed by atoms with Gasteiger partial charge in [-0.1, -0.05) is 23.7 Å². The second-order valence-corrected chi connectivity index (χ2v) is 4.49. The molecule has 0 saturated carbocycles. The largest absolute Gasteiger partial charge is 0.329 e. The molecule has 3 rings (SSSR count). The Labute approximate surface area is 115 Å². The second-order valence-electron chi connectivity index (χ2n) is 4.08. The molecule has 0 fully saturated rings. The van der Waals surface area contributed by atoms with Crippen molar-refractivity contribution >= 4 is 24.0 Å². The highest BCUT2D eigenvalue weighted by Gasteiger charge is 2.17. The highest BCUT2D eigenvalue weighted by Crippen LogP contribution is 2.21. The molecule has 0 aliphatic carbocycles. The fourth-order valence-corrected chi connectivity index (χ4v) is 2.28. The topological polar surface area (TPSA) is 29.9 Å². The van der Waals surface area contributed by atoms with Crippen LogP contribution >= 0.6 is 24.0 Å². The van der Waals surface area contributed by atoms with E-state index in [0.29, 0.717) is 12.1 Å². The third-order valence-electron chi connectivity index (χ3n) is 2.99. The van der Waals surface area contributed by atoms with Crippen LogP contribution in [0.25, 0.3) is 0 Å². The van der Waals surface area contributed by atoms with Crippen molar-refractivity contribution in [1.82, 2.24) is 14.9 Å². The maximum absolute atomic E-state index is 13.8. The number of aromatic nitrogens is 2. The summed E-state index contributed by atoms with van der Waals surface area (Å²) < 4.78 is 15.7. The highest BCUT2D eigenvalue weighted by atomic mass is 35.5. The zero-order valence-corrected chi connectivity index (χ0v) is 11.1. The SMILES string of the molecule is Cl.Fc1c(Cl)cccc1Cn1cnc2c1CNC2. The fraction of sp³-hybridized carbons (Fsp3) is 0.250. The van der Waals surface area contributed by atoms with E-state index < -0.39 is 0 Å². The van der Waals surface area contributed by atoms with E-state index in [2.05, 4.69) is 10.3 Å². The van der Waals surface area contributed by atoms with E-state index in [0.717, 1.165) is 24.5 Å². The van der Waals surface area contributed by atoms with Gasteiger partial charge in [0.15, 0.2) is 0 Å². The minimum Gasteiger partial charge on any atom is -0.329 e. The van der Waals surface area contributed by atoms with Crippen molar-refractivity contribution in [2.24, 2.45) is 0 Å². The van der Waals surface area contributed by atoms with E-state index >= 15 is 0 Å². The van der Waals surface area contributed by atoms with Crippen molar-refractivity contribution in [3.8, 4) is 0 Å². The van der Waals surface area contributed by atoms with Gasteiger partial charge in [-0.05, 0) is 6.07 Å². The average Bonchev–Trinajstić information content (AvgIpc) is 2.89. The Hall–Kier alpha value is -1.10. The molecule has 0 spiro atoms. The number of hydrogen-bond acceptors (Lipinski definition) is 2. The maximum atomic E-state index is 13.8. The van der Waals surface area contributed by atoms with Gasteiger partial charge in [-0.25, -0.2) is 9.37 Å². The van der Waals surface area contributed by atoms with Crippen molar-refractivity contribution in [3.05, 3.63) is 52.3 Å². The van der Waals surface area contributed by atoms with Gasteiger partial charge in [0.05, 0.1) is 29.3 Å². The van der Waals surface area contributed by atoms with Crippen LogP contribution in [0.1, 0.15) is 17.0 Å². The van der Waals surface area contributed by atoms with Gasteiger partial charge in [0.2, 0.25) is 0 Å². The molecule has 1 aromatic carbocycles. The first-order valence-corrected chi connectivity index (χ1v) is 5.80. The monoisotopic (exact) mass is 287 g/mol. The maximum Gasteiger partial charge on any atom is 0.146 e. The highest BCUT2D eigenvalue weighted by molar-refractivity contribution is 6.30.